The van der Waals surface area contributed by atoms with Gasteiger partial charge in [0.15, 0.2) is 0 Å². The molecular weight excluding hydrogens is 316 g/mol. The molecule has 0 aliphatic rings. The minimum Gasteiger partial charge on any atom is -0.495 e. The van der Waals surface area contributed by atoms with Crippen molar-refractivity contribution in [1.82, 2.24) is 0 Å². The Bertz CT molecular complexity index is 712. The van der Waals surface area contributed by atoms with Crippen molar-refractivity contribution in [2.45, 2.75) is 13.8 Å². The van der Waals surface area contributed by atoms with E-state index in [4.69, 9.17) is 21.1 Å². The molecule has 0 spiro atoms. The molecule has 0 fully saturated rings. The largest absolute Gasteiger partial charge is 0.495 e. The van der Waals surface area contributed by atoms with Gasteiger partial charge in [-0.25, -0.2) is 4.79 Å². The lowest BCUT2D eigenvalue weighted by Gasteiger charge is -2.14. The summed E-state index contributed by atoms with van der Waals surface area (Å²) >= 11 is 6.05. The van der Waals surface area contributed by atoms with Crippen LogP contribution in [-0.2, 0) is 0 Å². The summed E-state index contributed by atoms with van der Waals surface area (Å²) < 4.78 is 10.4. The van der Waals surface area contributed by atoms with Crippen molar-refractivity contribution in [3.8, 4) is 11.5 Å². The summed E-state index contributed by atoms with van der Waals surface area (Å²) in [6, 6.07) is 8.65. The Hall–Kier alpha value is -2.40. The van der Waals surface area contributed by atoms with Crippen LogP contribution in [0.5, 0.6) is 11.5 Å². The lowest BCUT2D eigenvalue weighted by atomic mass is 10.1. The van der Waals surface area contributed by atoms with Crippen LogP contribution in [0, 0.1) is 13.8 Å². The second-order valence-corrected chi connectivity index (χ2v) is 5.55. The Labute approximate surface area is 140 Å². The van der Waals surface area contributed by atoms with Crippen LogP contribution in [-0.4, -0.2) is 20.3 Å². The zero-order chi connectivity index (χ0) is 17.0. The average Bonchev–Trinajstić information content (AvgIpc) is 2.47. The standard InChI is InChI=1S/C17H19ClN2O3/c1-10-5-11(2)7-12(6-10)19-17(21)20-14-9-15(22-3)13(18)8-16(14)23-4/h5-9H,1-4H3,(H2,19,20,21). The van der Waals surface area contributed by atoms with Crippen LogP contribution in [0.4, 0.5) is 16.2 Å². The first kappa shape index (κ1) is 17.0. The highest BCUT2D eigenvalue weighted by atomic mass is 35.5. The maximum atomic E-state index is 12.2. The second kappa shape index (κ2) is 7.24. The maximum absolute atomic E-state index is 12.2. The third-order valence-corrected chi connectivity index (χ3v) is 3.50. The van der Waals surface area contributed by atoms with Gasteiger partial charge in [-0.05, 0) is 37.1 Å². The molecule has 0 saturated carbocycles. The van der Waals surface area contributed by atoms with Crippen molar-refractivity contribution in [3.05, 3.63) is 46.5 Å². The second-order valence-electron chi connectivity index (χ2n) is 5.14. The van der Waals surface area contributed by atoms with Gasteiger partial charge in [-0.3, -0.25) is 0 Å². The van der Waals surface area contributed by atoms with Crippen molar-refractivity contribution < 1.29 is 14.3 Å². The molecule has 0 aliphatic carbocycles. The number of nitrogens with one attached hydrogen (secondary N) is 2. The molecule has 2 rings (SSSR count). The Morgan fingerprint density at radius 2 is 1.52 bits per heavy atom. The van der Waals surface area contributed by atoms with Gasteiger partial charge in [0.25, 0.3) is 0 Å². The molecule has 122 valence electrons. The Morgan fingerprint density at radius 3 is 2.09 bits per heavy atom. The lowest BCUT2D eigenvalue weighted by molar-refractivity contribution is 0.262. The lowest BCUT2D eigenvalue weighted by Crippen LogP contribution is -2.20. The molecule has 2 aromatic carbocycles. The normalized spacial score (nSPS) is 10.1. The fourth-order valence-electron chi connectivity index (χ4n) is 2.29. The molecule has 0 aliphatic heterocycles. The Morgan fingerprint density at radius 1 is 0.913 bits per heavy atom. The molecule has 2 amide bonds. The first-order valence-corrected chi connectivity index (χ1v) is 7.38. The minimum absolute atomic E-state index is 0.377. The van der Waals surface area contributed by atoms with E-state index in [1.807, 2.05) is 32.0 Å². The number of methoxy groups -OCH3 is 2. The molecule has 0 unspecified atom stereocenters. The van der Waals surface area contributed by atoms with Crippen LogP contribution < -0.4 is 20.1 Å². The van der Waals surface area contributed by atoms with E-state index in [9.17, 15) is 4.79 Å². The molecule has 0 aromatic heterocycles. The van der Waals surface area contributed by atoms with Crippen LogP contribution in [0.3, 0.4) is 0 Å². The predicted molar refractivity (Wildman–Crippen MR) is 93.1 cm³/mol. The van der Waals surface area contributed by atoms with Crippen LogP contribution in [0.2, 0.25) is 5.02 Å². The Balaban J connectivity index is 2.19. The highest BCUT2D eigenvalue weighted by Gasteiger charge is 2.12. The summed E-state index contributed by atoms with van der Waals surface area (Å²) in [7, 11) is 3.01. The summed E-state index contributed by atoms with van der Waals surface area (Å²) in [6.45, 7) is 3.95. The van der Waals surface area contributed by atoms with E-state index in [0.29, 0.717) is 22.2 Å². The SMILES string of the molecule is COc1cc(NC(=O)Nc2cc(C)cc(C)c2)c(OC)cc1Cl. The Kier molecular flexibility index (Phi) is 5.34. The van der Waals surface area contributed by atoms with Crippen molar-refractivity contribution in [2.24, 2.45) is 0 Å². The number of hydrogen-bond donors (Lipinski definition) is 2. The van der Waals surface area contributed by atoms with Gasteiger partial charge >= 0.3 is 6.03 Å². The van der Waals surface area contributed by atoms with Crippen molar-refractivity contribution >= 4 is 29.0 Å². The van der Waals surface area contributed by atoms with Crippen LogP contribution in [0.15, 0.2) is 30.3 Å². The van der Waals surface area contributed by atoms with E-state index in [0.717, 1.165) is 16.8 Å². The molecule has 6 heteroatoms. The zero-order valence-corrected chi connectivity index (χ0v) is 14.2. The molecular formula is C17H19ClN2O3. The highest BCUT2D eigenvalue weighted by Crippen LogP contribution is 2.35. The number of benzene rings is 2. The fourth-order valence-corrected chi connectivity index (χ4v) is 2.52. The first-order valence-electron chi connectivity index (χ1n) is 7.00. The third kappa shape index (κ3) is 4.29. The topological polar surface area (TPSA) is 59.6 Å². The fraction of sp³-hybridized carbons (Fsp3) is 0.235. The van der Waals surface area contributed by atoms with Crippen LogP contribution in [0.25, 0.3) is 0 Å². The monoisotopic (exact) mass is 334 g/mol. The summed E-state index contributed by atoms with van der Waals surface area (Å²) in [6.07, 6.45) is 0. The molecule has 0 atom stereocenters. The van der Waals surface area contributed by atoms with E-state index in [2.05, 4.69) is 10.6 Å². The quantitative estimate of drug-likeness (QED) is 0.857. The third-order valence-electron chi connectivity index (χ3n) is 3.20. The molecule has 2 N–H and O–H groups in total. The van der Waals surface area contributed by atoms with Crippen LogP contribution >= 0.6 is 11.6 Å². The van der Waals surface area contributed by atoms with Crippen molar-refractivity contribution in [2.75, 3.05) is 24.9 Å². The first-order chi connectivity index (χ1) is 10.9. The van der Waals surface area contributed by atoms with Crippen LogP contribution in [0.1, 0.15) is 11.1 Å². The molecule has 5 nitrogen and oxygen atoms in total. The van der Waals surface area contributed by atoms with Gasteiger partial charge in [-0.2, -0.15) is 0 Å². The molecule has 0 radical (unpaired) electrons. The number of carbonyl (C=O) groups excluding carboxylic acids is 1. The number of carbonyl (C=O) groups is 1. The summed E-state index contributed by atoms with van der Waals surface area (Å²) in [5.74, 6) is 0.903. The van der Waals surface area contributed by atoms with Gasteiger partial charge in [-0.15, -0.1) is 0 Å². The predicted octanol–water partition coefficient (Wildman–Crippen LogP) is 4.62. The van der Waals surface area contributed by atoms with Gasteiger partial charge in [0.05, 0.1) is 24.9 Å². The molecule has 0 bridgehead atoms. The number of anilines is 2. The van der Waals surface area contributed by atoms with Crippen molar-refractivity contribution in [1.29, 1.82) is 0 Å². The number of ether oxygens (including phenoxy) is 2. The number of hydrogen-bond acceptors (Lipinski definition) is 3. The number of rotatable bonds is 4. The zero-order valence-electron chi connectivity index (χ0n) is 13.5. The summed E-state index contributed by atoms with van der Waals surface area (Å²) in [4.78, 5) is 12.2. The van der Waals surface area contributed by atoms with Gasteiger partial charge in [0, 0.05) is 17.8 Å². The van der Waals surface area contributed by atoms with E-state index < -0.39 is 0 Å². The number of urea groups is 1. The smallest absolute Gasteiger partial charge is 0.323 e. The summed E-state index contributed by atoms with van der Waals surface area (Å²) in [5, 5.41) is 5.94. The van der Waals surface area contributed by atoms with E-state index in [1.165, 1.54) is 14.2 Å². The number of amides is 2. The maximum Gasteiger partial charge on any atom is 0.323 e. The molecule has 23 heavy (non-hydrogen) atoms. The number of aryl methyl sites for hydroxylation is 2. The molecule has 2 aromatic rings. The highest BCUT2D eigenvalue weighted by molar-refractivity contribution is 6.32. The summed E-state index contributed by atoms with van der Waals surface area (Å²) in [5.41, 5.74) is 3.34. The van der Waals surface area contributed by atoms with Crippen molar-refractivity contribution in [3.63, 3.8) is 0 Å². The van der Waals surface area contributed by atoms with Gasteiger partial charge < -0.3 is 20.1 Å². The number of halogens is 1. The minimum atomic E-state index is -0.377. The van der Waals surface area contributed by atoms with E-state index in [1.54, 1.807) is 12.1 Å². The molecule has 0 saturated heterocycles. The average molecular weight is 335 g/mol. The van der Waals surface area contributed by atoms with E-state index >= 15 is 0 Å². The van der Waals surface area contributed by atoms with Gasteiger partial charge in [0.1, 0.15) is 11.5 Å². The van der Waals surface area contributed by atoms with E-state index in [-0.39, 0.29) is 6.03 Å². The van der Waals surface area contributed by atoms with Gasteiger partial charge in [0.2, 0.25) is 0 Å². The van der Waals surface area contributed by atoms with Gasteiger partial charge in [-0.1, -0.05) is 17.7 Å². The molecule has 0 heterocycles.